The van der Waals surface area contributed by atoms with E-state index in [1.165, 1.54) is 0 Å². The van der Waals surface area contributed by atoms with Gasteiger partial charge in [-0.25, -0.2) is 0 Å². The molecule has 2 aromatic rings. The second-order valence-electron chi connectivity index (χ2n) is 4.43. The van der Waals surface area contributed by atoms with E-state index in [0.29, 0.717) is 0 Å². The first-order chi connectivity index (χ1) is 9.78. The fourth-order valence-electron chi connectivity index (χ4n) is 2.16. The Kier molecular flexibility index (Phi) is 4.96. The molecule has 2 rings (SSSR count). The van der Waals surface area contributed by atoms with Crippen molar-refractivity contribution in [3.8, 4) is 11.5 Å². The normalized spacial score (nSPS) is 11.9. The van der Waals surface area contributed by atoms with E-state index in [4.69, 9.17) is 9.47 Å². The lowest BCUT2D eigenvalue weighted by Crippen LogP contribution is -2.22. The highest BCUT2D eigenvalue weighted by atomic mass is 16.5. The van der Waals surface area contributed by atoms with Gasteiger partial charge in [0.15, 0.2) is 0 Å². The quantitative estimate of drug-likeness (QED) is 0.878. The molecule has 0 aliphatic rings. The number of rotatable bonds is 6. The van der Waals surface area contributed by atoms with Gasteiger partial charge in [0.2, 0.25) is 0 Å². The number of methoxy groups -OCH3 is 2. The van der Waals surface area contributed by atoms with Crippen molar-refractivity contribution in [1.82, 2.24) is 10.3 Å². The van der Waals surface area contributed by atoms with Gasteiger partial charge in [0.25, 0.3) is 0 Å². The van der Waals surface area contributed by atoms with E-state index in [1.807, 2.05) is 30.5 Å². The lowest BCUT2D eigenvalue weighted by Gasteiger charge is -2.19. The van der Waals surface area contributed by atoms with Crippen molar-refractivity contribution >= 4 is 0 Å². The Labute approximate surface area is 119 Å². The van der Waals surface area contributed by atoms with Crippen molar-refractivity contribution in [2.45, 2.75) is 13.0 Å². The van der Waals surface area contributed by atoms with Crippen LogP contribution >= 0.6 is 0 Å². The molecule has 1 aromatic carbocycles. The second-order valence-corrected chi connectivity index (χ2v) is 4.43. The number of nitrogens with zero attached hydrogens (tertiary/aromatic N) is 1. The molecule has 1 atom stereocenters. The first-order valence-corrected chi connectivity index (χ1v) is 6.64. The van der Waals surface area contributed by atoms with Gasteiger partial charge in [-0.15, -0.1) is 0 Å². The SMILES string of the molecule is CCNC(c1cccc(OC)c1)c1cncc(OC)c1. The van der Waals surface area contributed by atoms with Crippen molar-refractivity contribution in [2.24, 2.45) is 0 Å². The van der Waals surface area contributed by atoms with Crippen LogP contribution in [0.2, 0.25) is 0 Å². The molecule has 0 aliphatic heterocycles. The number of hydrogen-bond donors (Lipinski definition) is 1. The number of aromatic nitrogens is 1. The largest absolute Gasteiger partial charge is 0.497 e. The summed E-state index contributed by atoms with van der Waals surface area (Å²) in [6, 6.07) is 10.1. The third kappa shape index (κ3) is 3.27. The molecule has 0 aliphatic carbocycles. The molecule has 20 heavy (non-hydrogen) atoms. The Balaban J connectivity index is 2.38. The highest BCUT2D eigenvalue weighted by Crippen LogP contribution is 2.26. The number of nitrogens with one attached hydrogen (secondary N) is 1. The van der Waals surface area contributed by atoms with Crippen LogP contribution in [0.4, 0.5) is 0 Å². The number of pyridine rings is 1. The summed E-state index contributed by atoms with van der Waals surface area (Å²) in [5, 5.41) is 3.47. The molecule has 0 radical (unpaired) electrons. The monoisotopic (exact) mass is 272 g/mol. The minimum atomic E-state index is 0.0673. The predicted molar refractivity (Wildman–Crippen MR) is 79.3 cm³/mol. The standard InChI is InChI=1S/C16H20N2O2/c1-4-18-16(12-6-5-7-14(8-12)19-2)13-9-15(20-3)11-17-10-13/h5-11,16,18H,4H2,1-3H3. The number of ether oxygens (including phenoxy) is 2. The minimum absolute atomic E-state index is 0.0673. The van der Waals surface area contributed by atoms with Gasteiger partial charge in [0.1, 0.15) is 11.5 Å². The maximum atomic E-state index is 5.30. The van der Waals surface area contributed by atoms with Gasteiger partial charge in [0, 0.05) is 6.20 Å². The fraction of sp³-hybridized carbons (Fsp3) is 0.312. The predicted octanol–water partition coefficient (Wildman–Crippen LogP) is 2.80. The summed E-state index contributed by atoms with van der Waals surface area (Å²) in [5.41, 5.74) is 2.21. The lowest BCUT2D eigenvalue weighted by atomic mass is 10.00. The maximum Gasteiger partial charge on any atom is 0.137 e. The molecule has 0 bridgehead atoms. The third-order valence-electron chi connectivity index (χ3n) is 3.14. The van der Waals surface area contributed by atoms with Gasteiger partial charge in [-0.05, 0) is 35.9 Å². The van der Waals surface area contributed by atoms with Crippen LogP contribution < -0.4 is 14.8 Å². The minimum Gasteiger partial charge on any atom is -0.497 e. The summed E-state index contributed by atoms with van der Waals surface area (Å²) in [5.74, 6) is 1.61. The van der Waals surface area contributed by atoms with Crippen LogP contribution in [0.15, 0.2) is 42.7 Å². The van der Waals surface area contributed by atoms with Crippen LogP contribution in [0.25, 0.3) is 0 Å². The zero-order chi connectivity index (χ0) is 14.4. The van der Waals surface area contributed by atoms with E-state index < -0.39 is 0 Å². The molecule has 0 spiro atoms. The van der Waals surface area contributed by atoms with Gasteiger partial charge in [-0.3, -0.25) is 4.98 Å². The molecule has 106 valence electrons. The van der Waals surface area contributed by atoms with Crippen molar-refractivity contribution in [3.63, 3.8) is 0 Å². The van der Waals surface area contributed by atoms with E-state index in [1.54, 1.807) is 20.4 Å². The zero-order valence-corrected chi connectivity index (χ0v) is 12.1. The Morgan fingerprint density at radius 2 is 1.80 bits per heavy atom. The average molecular weight is 272 g/mol. The summed E-state index contributed by atoms with van der Waals surface area (Å²) in [7, 11) is 3.32. The first kappa shape index (κ1) is 14.3. The lowest BCUT2D eigenvalue weighted by molar-refractivity contribution is 0.411. The van der Waals surface area contributed by atoms with E-state index >= 15 is 0 Å². The summed E-state index contributed by atoms with van der Waals surface area (Å²) in [6.07, 6.45) is 3.56. The van der Waals surface area contributed by atoms with Crippen LogP contribution in [-0.4, -0.2) is 25.7 Å². The third-order valence-corrected chi connectivity index (χ3v) is 3.14. The maximum absolute atomic E-state index is 5.30. The van der Waals surface area contributed by atoms with Gasteiger partial charge in [-0.2, -0.15) is 0 Å². The van der Waals surface area contributed by atoms with Crippen LogP contribution in [-0.2, 0) is 0 Å². The molecule has 1 aromatic heterocycles. The topological polar surface area (TPSA) is 43.4 Å². The molecule has 1 unspecified atom stereocenters. The first-order valence-electron chi connectivity index (χ1n) is 6.64. The Morgan fingerprint density at radius 3 is 2.50 bits per heavy atom. The van der Waals surface area contributed by atoms with E-state index in [0.717, 1.165) is 29.2 Å². The Bertz CT molecular complexity index is 510. The molecular weight excluding hydrogens is 252 g/mol. The molecule has 1 N–H and O–H groups in total. The summed E-state index contributed by atoms with van der Waals surface area (Å²) < 4.78 is 10.5. The van der Waals surface area contributed by atoms with Crippen molar-refractivity contribution < 1.29 is 9.47 Å². The van der Waals surface area contributed by atoms with Crippen molar-refractivity contribution in [1.29, 1.82) is 0 Å². The van der Waals surface area contributed by atoms with E-state index in [2.05, 4.69) is 23.3 Å². The second kappa shape index (κ2) is 6.91. The van der Waals surface area contributed by atoms with Crippen LogP contribution in [0.1, 0.15) is 24.1 Å². The van der Waals surface area contributed by atoms with Crippen molar-refractivity contribution in [3.05, 3.63) is 53.9 Å². The molecular formula is C16H20N2O2. The van der Waals surface area contributed by atoms with Crippen molar-refractivity contribution in [2.75, 3.05) is 20.8 Å². The smallest absolute Gasteiger partial charge is 0.137 e. The molecule has 0 fully saturated rings. The summed E-state index contributed by atoms with van der Waals surface area (Å²) in [4.78, 5) is 4.23. The molecule has 0 amide bonds. The van der Waals surface area contributed by atoms with Crippen LogP contribution in [0.3, 0.4) is 0 Å². The van der Waals surface area contributed by atoms with Gasteiger partial charge >= 0.3 is 0 Å². The highest BCUT2D eigenvalue weighted by molar-refractivity contribution is 5.37. The van der Waals surface area contributed by atoms with E-state index in [9.17, 15) is 0 Å². The Morgan fingerprint density at radius 1 is 1.05 bits per heavy atom. The number of hydrogen-bond acceptors (Lipinski definition) is 4. The fourth-order valence-corrected chi connectivity index (χ4v) is 2.16. The average Bonchev–Trinajstić information content (AvgIpc) is 2.52. The van der Waals surface area contributed by atoms with Gasteiger partial charge in [0.05, 0.1) is 26.5 Å². The van der Waals surface area contributed by atoms with Crippen LogP contribution in [0.5, 0.6) is 11.5 Å². The molecule has 0 saturated carbocycles. The molecule has 1 heterocycles. The highest BCUT2D eigenvalue weighted by Gasteiger charge is 2.14. The summed E-state index contributed by atoms with van der Waals surface area (Å²) in [6.45, 7) is 2.94. The van der Waals surface area contributed by atoms with Gasteiger partial charge in [-0.1, -0.05) is 19.1 Å². The molecule has 4 heteroatoms. The van der Waals surface area contributed by atoms with Crippen LogP contribution in [0, 0.1) is 0 Å². The molecule has 4 nitrogen and oxygen atoms in total. The van der Waals surface area contributed by atoms with E-state index in [-0.39, 0.29) is 6.04 Å². The zero-order valence-electron chi connectivity index (χ0n) is 12.1. The summed E-state index contributed by atoms with van der Waals surface area (Å²) >= 11 is 0. The number of benzene rings is 1. The molecule has 0 saturated heterocycles. The van der Waals surface area contributed by atoms with Gasteiger partial charge < -0.3 is 14.8 Å². The Hall–Kier alpha value is -2.07.